The molecule has 0 saturated carbocycles. The maximum atomic E-state index is 12.1. The summed E-state index contributed by atoms with van der Waals surface area (Å²) in [6, 6.07) is 13.5. The lowest BCUT2D eigenvalue weighted by Gasteiger charge is -2.13. The molecule has 118 valence electrons. The average molecular weight is 309 g/mol. The highest BCUT2D eigenvalue weighted by molar-refractivity contribution is 5.92. The fourth-order valence-electron chi connectivity index (χ4n) is 2.47. The fourth-order valence-corrected chi connectivity index (χ4v) is 2.47. The number of benzene rings is 2. The Hall–Kier alpha value is -2.75. The van der Waals surface area contributed by atoms with Crippen LogP contribution in [0.25, 0.3) is 6.08 Å². The van der Waals surface area contributed by atoms with E-state index in [0.717, 1.165) is 28.2 Å². The van der Waals surface area contributed by atoms with Gasteiger partial charge in [0.2, 0.25) is 12.7 Å². The Morgan fingerprint density at radius 3 is 2.78 bits per heavy atom. The average Bonchev–Trinajstić information content (AvgIpc) is 3.01. The van der Waals surface area contributed by atoms with Crippen LogP contribution in [0.5, 0.6) is 11.5 Å². The van der Waals surface area contributed by atoms with Crippen molar-refractivity contribution in [3.63, 3.8) is 0 Å². The molecule has 2 aromatic rings. The molecule has 4 heteroatoms. The van der Waals surface area contributed by atoms with E-state index < -0.39 is 0 Å². The van der Waals surface area contributed by atoms with Crippen molar-refractivity contribution in [2.75, 3.05) is 6.79 Å². The molecule has 3 rings (SSSR count). The van der Waals surface area contributed by atoms with Crippen LogP contribution in [0.3, 0.4) is 0 Å². The fraction of sp³-hybridized carbons (Fsp3) is 0.211. The van der Waals surface area contributed by atoms with E-state index in [2.05, 4.69) is 5.32 Å². The van der Waals surface area contributed by atoms with E-state index in [1.165, 1.54) is 0 Å². The molecule has 0 aromatic heterocycles. The third-order valence-corrected chi connectivity index (χ3v) is 3.86. The molecule has 0 aliphatic carbocycles. The number of aryl methyl sites for hydroxylation is 1. The molecule has 1 amide bonds. The Labute approximate surface area is 135 Å². The topological polar surface area (TPSA) is 47.6 Å². The second-order valence-electron chi connectivity index (χ2n) is 5.53. The number of carbonyl (C=O) groups is 1. The predicted octanol–water partition coefficient (Wildman–Crippen LogP) is 3.61. The lowest BCUT2D eigenvalue weighted by molar-refractivity contribution is -0.117. The number of amides is 1. The van der Waals surface area contributed by atoms with E-state index in [0.29, 0.717) is 0 Å². The summed E-state index contributed by atoms with van der Waals surface area (Å²) < 4.78 is 10.7. The number of rotatable bonds is 4. The SMILES string of the molecule is Cc1ccccc1/C=C\C(=O)NC(C)c1ccc2c(c1)OCO2. The molecule has 0 radical (unpaired) electrons. The first-order valence-electron chi connectivity index (χ1n) is 7.57. The molecule has 1 heterocycles. The lowest BCUT2D eigenvalue weighted by Crippen LogP contribution is -2.24. The Morgan fingerprint density at radius 1 is 1.17 bits per heavy atom. The summed E-state index contributed by atoms with van der Waals surface area (Å²) in [6.07, 6.45) is 3.39. The summed E-state index contributed by atoms with van der Waals surface area (Å²) in [4.78, 5) is 12.1. The number of ether oxygens (including phenoxy) is 2. The molecule has 0 bridgehead atoms. The zero-order valence-electron chi connectivity index (χ0n) is 13.2. The first kappa shape index (κ1) is 15.2. The van der Waals surface area contributed by atoms with Crippen molar-refractivity contribution in [3.05, 3.63) is 65.2 Å². The van der Waals surface area contributed by atoms with Crippen molar-refractivity contribution in [1.82, 2.24) is 5.32 Å². The Kier molecular flexibility index (Phi) is 4.33. The monoisotopic (exact) mass is 309 g/mol. The van der Waals surface area contributed by atoms with Gasteiger partial charge in [-0.05, 0) is 48.7 Å². The van der Waals surface area contributed by atoms with Crippen LogP contribution in [0.2, 0.25) is 0 Å². The number of hydrogen-bond acceptors (Lipinski definition) is 3. The lowest BCUT2D eigenvalue weighted by atomic mass is 10.1. The third kappa shape index (κ3) is 3.54. The molecule has 1 aliphatic rings. The van der Waals surface area contributed by atoms with Crippen LogP contribution in [0, 0.1) is 6.92 Å². The minimum absolute atomic E-state index is 0.112. The molecule has 1 atom stereocenters. The van der Waals surface area contributed by atoms with Crippen LogP contribution in [0.1, 0.15) is 29.7 Å². The number of hydrogen-bond donors (Lipinski definition) is 1. The first-order valence-corrected chi connectivity index (χ1v) is 7.57. The van der Waals surface area contributed by atoms with Gasteiger partial charge in [-0.2, -0.15) is 0 Å². The van der Waals surface area contributed by atoms with Gasteiger partial charge in [0.05, 0.1) is 6.04 Å². The second kappa shape index (κ2) is 6.57. The van der Waals surface area contributed by atoms with Gasteiger partial charge < -0.3 is 14.8 Å². The summed E-state index contributed by atoms with van der Waals surface area (Å²) in [5.74, 6) is 1.34. The predicted molar refractivity (Wildman–Crippen MR) is 89.3 cm³/mol. The van der Waals surface area contributed by atoms with Crippen LogP contribution in [-0.2, 0) is 4.79 Å². The summed E-state index contributed by atoms with van der Waals surface area (Å²) in [7, 11) is 0. The van der Waals surface area contributed by atoms with Gasteiger partial charge >= 0.3 is 0 Å². The molecular weight excluding hydrogens is 290 g/mol. The quantitative estimate of drug-likeness (QED) is 0.878. The highest BCUT2D eigenvalue weighted by atomic mass is 16.7. The normalized spacial score (nSPS) is 14.0. The second-order valence-corrected chi connectivity index (χ2v) is 5.53. The minimum Gasteiger partial charge on any atom is -0.454 e. The van der Waals surface area contributed by atoms with E-state index in [9.17, 15) is 4.79 Å². The highest BCUT2D eigenvalue weighted by Crippen LogP contribution is 2.34. The molecule has 1 N–H and O–H groups in total. The van der Waals surface area contributed by atoms with Crippen molar-refractivity contribution < 1.29 is 14.3 Å². The number of nitrogens with one attached hydrogen (secondary N) is 1. The molecule has 23 heavy (non-hydrogen) atoms. The maximum Gasteiger partial charge on any atom is 0.244 e. The molecular formula is C19H19NO3. The molecule has 0 spiro atoms. The summed E-state index contributed by atoms with van der Waals surface area (Å²) in [6.45, 7) is 4.21. The van der Waals surface area contributed by atoms with Crippen molar-refractivity contribution in [2.45, 2.75) is 19.9 Å². The van der Waals surface area contributed by atoms with E-state index in [1.807, 2.05) is 62.4 Å². The van der Waals surface area contributed by atoms with Crippen molar-refractivity contribution in [3.8, 4) is 11.5 Å². The zero-order valence-corrected chi connectivity index (χ0v) is 13.2. The maximum absolute atomic E-state index is 12.1. The van der Waals surface area contributed by atoms with E-state index >= 15 is 0 Å². The van der Waals surface area contributed by atoms with Crippen LogP contribution in [0.15, 0.2) is 48.5 Å². The van der Waals surface area contributed by atoms with E-state index in [-0.39, 0.29) is 18.7 Å². The van der Waals surface area contributed by atoms with Crippen LogP contribution >= 0.6 is 0 Å². The zero-order chi connectivity index (χ0) is 16.2. The third-order valence-electron chi connectivity index (χ3n) is 3.86. The molecule has 0 saturated heterocycles. The molecule has 0 fully saturated rings. The van der Waals surface area contributed by atoms with Gasteiger partial charge in [-0.25, -0.2) is 0 Å². The summed E-state index contributed by atoms with van der Waals surface area (Å²) >= 11 is 0. The minimum atomic E-state index is -0.126. The Bertz CT molecular complexity index is 752. The Morgan fingerprint density at radius 2 is 1.96 bits per heavy atom. The first-order chi connectivity index (χ1) is 11.1. The van der Waals surface area contributed by atoms with Gasteiger partial charge in [0.25, 0.3) is 0 Å². The van der Waals surface area contributed by atoms with Crippen LogP contribution < -0.4 is 14.8 Å². The summed E-state index contributed by atoms with van der Waals surface area (Å²) in [5, 5.41) is 2.95. The number of carbonyl (C=O) groups excluding carboxylic acids is 1. The van der Waals surface area contributed by atoms with Crippen molar-refractivity contribution in [2.24, 2.45) is 0 Å². The molecule has 1 unspecified atom stereocenters. The molecule has 2 aromatic carbocycles. The van der Waals surface area contributed by atoms with Gasteiger partial charge in [0.1, 0.15) is 0 Å². The largest absolute Gasteiger partial charge is 0.454 e. The van der Waals surface area contributed by atoms with Gasteiger partial charge in [0.15, 0.2) is 11.5 Å². The Balaban J connectivity index is 1.64. The summed E-state index contributed by atoms with van der Waals surface area (Å²) in [5.41, 5.74) is 3.16. The van der Waals surface area contributed by atoms with Crippen LogP contribution in [0.4, 0.5) is 0 Å². The molecule has 4 nitrogen and oxygen atoms in total. The van der Waals surface area contributed by atoms with Gasteiger partial charge in [0, 0.05) is 6.08 Å². The smallest absolute Gasteiger partial charge is 0.244 e. The van der Waals surface area contributed by atoms with Crippen molar-refractivity contribution in [1.29, 1.82) is 0 Å². The van der Waals surface area contributed by atoms with Gasteiger partial charge in [-0.1, -0.05) is 30.3 Å². The van der Waals surface area contributed by atoms with E-state index in [1.54, 1.807) is 6.08 Å². The number of fused-ring (bicyclic) bond motifs is 1. The van der Waals surface area contributed by atoms with Crippen molar-refractivity contribution >= 4 is 12.0 Å². The van der Waals surface area contributed by atoms with Gasteiger partial charge in [-0.3, -0.25) is 4.79 Å². The van der Waals surface area contributed by atoms with Gasteiger partial charge in [-0.15, -0.1) is 0 Å². The van der Waals surface area contributed by atoms with Crippen LogP contribution in [-0.4, -0.2) is 12.7 Å². The highest BCUT2D eigenvalue weighted by Gasteiger charge is 2.16. The molecule has 1 aliphatic heterocycles. The van der Waals surface area contributed by atoms with E-state index in [4.69, 9.17) is 9.47 Å². The standard InChI is InChI=1S/C19H19NO3/c1-13-5-3-4-6-15(13)8-10-19(21)20-14(2)16-7-9-17-18(11-16)23-12-22-17/h3-11,14H,12H2,1-2H3,(H,20,21)/b10-8-.